The summed E-state index contributed by atoms with van der Waals surface area (Å²) in [5, 5.41) is 18.8. The zero-order valence-electron chi connectivity index (χ0n) is 10.1. The molecule has 0 aliphatic rings. The number of hydrogen-bond donors (Lipinski definition) is 2. The van der Waals surface area contributed by atoms with Crippen LogP contribution in [-0.4, -0.2) is 16.5 Å². The lowest BCUT2D eigenvalue weighted by molar-refractivity contribution is -0.139. The standard InChI is InChI=1S/C12H26O2/c1-5-7-10(3)9-12(4,8-6-2)11(13)14/h10-11,13-14H,5-9H2,1-4H3. The first-order valence-corrected chi connectivity index (χ1v) is 5.82. The summed E-state index contributed by atoms with van der Waals surface area (Å²) in [4.78, 5) is 0. The lowest BCUT2D eigenvalue weighted by atomic mass is 9.76. The summed E-state index contributed by atoms with van der Waals surface area (Å²) in [6, 6.07) is 0. The Balaban J connectivity index is 4.21. The van der Waals surface area contributed by atoms with Gasteiger partial charge in [0.1, 0.15) is 0 Å². The molecule has 0 rings (SSSR count). The van der Waals surface area contributed by atoms with E-state index in [1.165, 1.54) is 12.8 Å². The van der Waals surface area contributed by atoms with E-state index in [-0.39, 0.29) is 5.41 Å². The van der Waals surface area contributed by atoms with E-state index in [1.807, 2.05) is 6.92 Å². The van der Waals surface area contributed by atoms with Gasteiger partial charge in [-0.25, -0.2) is 0 Å². The van der Waals surface area contributed by atoms with Crippen LogP contribution in [0.4, 0.5) is 0 Å². The molecule has 0 aliphatic carbocycles. The molecule has 0 radical (unpaired) electrons. The number of aliphatic hydroxyl groups excluding tert-OH is 1. The van der Waals surface area contributed by atoms with Gasteiger partial charge in [0.05, 0.1) is 0 Å². The Morgan fingerprint density at radius 1 is 1.14 bits per heavy atom. The maximum atomic E-state index is 9.38. The van der Waals surface area contributed by atoms with E-state index >= 15 is 0 Å². The molecule has 2 atom stereocenters. The number of aliphatic hydroxyl groups is 2. The molecule has 0 aromatic heterocycles. The van der Waals surface area contributed by atoms with Crippen LogP contribution in [0.5, 0.6) is 0 Å². The first-order valence-electron chi connectivity index (χ1n) is 5.82. The van der Waals surface area contributed by atoms with Crippen LogP contribution < -0.4 is 0 Å². The van der Waals surface area contributed by atoms with Crippen molar-refractivity contribution >= 4 is 0 Å². The number of hydrogen-bond acceptors (Lipinski definition) is 2. The van der Waals surface area contributed by atoms with Crippen molar-refractivity contribution in [2.45, 2.75) is 66.1 Å². The third kappa shape index (κ3) is 4.43. The third-order valence-electron chi connectivity index (χ3n) is 3.04. The average molecular weight is 202 g/mol. The highest BCUT2D eigenvalue weighted by atomic mass is 16.5. The lowest BCUT2D eigenvalue weighted by Crippen LogP contribution is -2.33. The monoisotopic (exact) mass is 202 g/mol. The molecule has 0 bridgehead atoms. The van der Waals surface area contributed by atoms with Gasteiger partial charge >= 0.3 is 0 Å². The molecular weight excluding hydrogens is 176 g/mol. The predicted octanol–water partition coefficient (Wildman–Crippen LogP) is 2.93. The van der Waals surface area contributed by atoms with Crippen molar-refractivity contribution in [1.29, 1.82) is 0 Å². The Morgan fingerprint density at radius 2 is 1.71 bits per heavy atom. The van der Waals surface area contributed by atoms with Crippen molar-refractivity contribution in [1.82, 2.24) is 0 Å². The van der Waals surface area contributed by atoms with Crippen LogP contribution in [0.1, 0.15) is 59.8 Å². The maximum Gasteiger partial charge on any atom is 0.156 e. The fraction of sp³-hybridized carbons (Fsp3) is 1.00. The molecule has 2 N–H and O–H groups in total. The highest BCUT2D eigenvalue weighted by Crippen LogP contribution is 2.35. The smallest absolute Gasteiger partial charge is 0.156 e. The summed E-state index contributed by atoms with van der Waals surface area (Å²) in [6.45, 7) is 8.43. The minimum atomic E-state index is -1.18. The van der Waals surface area contributed by atoms with Crippen LogP contribution in [0.25, 0.3) is 0 Å². The van der Waals surface area contributed by atoms with Crippen LogP contribution in [0.2, 0.25) is 0 Å². The van der Waals surface area contributed by atoms with E-state index in [9.17, 15) is 10.2 Å². The van der Waals surface area contributed by atoms with E-state index in [0.29, 0.717) is 5.92 Å². The van der Waals surface area contributed by atoms with Gasteiger partial charge in [0, 0.05) is 5.41 Å². The van der Waals surface area contributed by atoms with Crippen molar-refractivity contribution in [2.24, 2.45) is 11.3 Å². The van der Waals surface area contributed by atoms with Gasteiger partial charge in [0.2, 0.25) is 0 Å². The number of rotatable bonds is 7. The van der Waals surface area contributed by atoms with Crippen LogP contribution in [0.15, 0.2) is 0 Å². The van der Waals surface area contributed by atoms with Crippen LogP contribution in [-0.2, 0) is 0 Å². The molecule has 0 saturated heterocycles. The normalized spacial score (nSPS) is 18.2. The molecule has 0 heterocycles. The Morgan fingerprint density at radius 3 is 2.07 bits per heavy atom. The van der Waals surface area contributed by atoms with E-state index < -0.39 is 6.29 Å². The lowest BCUT2D eigenvalue weighted by Gasteiger charge is -2.33. The van der Waals surface area contributed by atoms with Crippen molar-refractivity contribution < 1.29 is 10.2 Å². The quantitative estimate of drug-likeness (QED) is 0.623. The van der Waals surface area contributed by atoms with Crippen molar-refractivity contribution in [3.63, 3.8) is 0 Å². The minimum absolute atomic E-state index is 0.316. The van der Waals surface area contributed by atoms with Gasteiger partial charge in [-0.1, -0.05) is 47.0 Å². The maximum absolute atomic E-state index is 9.38. The van der Waals surface area contributed by atoms with Gasteiger partial charge in [-0.3, -0.25) is 0 Å². The average Bonchev–Trinajstić information content (AvgIpc) is 2.04. The largest absolute Gasteiger partial charge is 0.368 e. The Kier molecular flexibility index (Phi) is 6.38. The zero-order chi connectivity index (χ0) is 11.2. The summed E-state index contributed by atoms with van der Waals surface area (Å²) in [6.07, 6.45) is 3.97. The van der Waals surface area contributed by atoms with Crippen molar-refractivity contribution in [3.8, 4) is 0 Å². The summed E-state index contributed by atoms with van der Waals surface area (Å²) < 4.78 is 0. The molecule has 0 saturated carbocycles. The second kappa shape index (κ2) is 6.41. The van der Waals surface area contributed by atoms with Gasteiger partial charge in [-0.2, -0.15) is 0 Å². The molecule has 0 fully saturated rings. The fourth-order valence-electron chi connectivity index (χ4n) is 2.30. The van der Waals surface area contributed by atoms with Gasteiger partial charge in [0.25, 0.3) is 0 Å². The highest BCUT2D eigenvalue weighted by molar-refractivity contribution is 4.78. The predicted molar refractivity (Wildman–Crippen MR) is 59.9 cm³/mol. The summed E-state index contributed by atoms with van der Waals surface area (Å²) in [5.41, 5.74) is -0.316. The first-order chi connectivity index (χ1) is 6.46. The summed E-state index contributed by atoms with van der Waals surface area (Å²) in [7, 11) is 0. The molecule has 86 valence electrons. The van der Waals surface area contributed by atoms with Crippen LogP contribution >= 0.6 is 0 Å². The molecule has 0 aromatic carbocycles. The second-order valence-corrected chi connectivity index (χ2v) is 4.88. The zero-order valence-corrected chi connectivity index (χ0v) is 10.1. The molecule has 2 nitrogen and oxygen atoms in total. The van der Waals surface area contributed by atoms with E-state index in [1.54, 1.807) is 0 Å². The Labute approximate surface area is 88.3 Å². The topological polar surface area (TPSA) is 40.5 Å². The summed E-state index contributed by atoms with van der Waals surface area (Å²) in [5.74, 6) is 0.582. The van der Waals surface area contributed by atoms with E-state index in [2.05, 4.69) is 20.8 Å². The molecule has 2 unspecified atom stereocenters. The minimum Gasteiger partial charge on any atom is -0.368 e. The second-order valence-electron chi connectivity index (χ2n) is 4.88. The van der Waals surface area contributed by atoms with Crippen LogP contribution in [0.3, 0.4) is 0 Å². The van der Waals surface area contributed by atoms with Crippen LogP contribution in [0, 0.1) is 11.3 Å². The Hall–Kier alpha value is -0.0800. The third-order valence-corrected chi connectivity index (χ3v) is 3.04. The van der Waals surface area contributed by atoms with Gasteiger partial charge < -0.3 is 10.2 Å². The van der Waals surface area contributed by atoms with E-state index in [0.717, 1.165) is 19.3 Å². The van der Waals surface area contributed by atoms with Crippen molar-refractivity contribution in [2.75, 3.05) is 0 Å². The molecule has 0 amide bonds. The molecular formula is C12H26O2. The first kappa shape index (κ1) is 13.9. The highest BCUT2D eigenvalue weighted by Gasteiger charge is 2.32. The van der Waals surface area contributed by atoms with Crippen molar-refractivity contribution in [3.05, 3.63) is 0 Å². The SMILES string of the molecule is CCCC(C)CC(C)(CCC)C(O)O. The van der Waals surface area contributed by atoms with E-state index in [4.69, 9.17) is 0 Å². The molecule has 0 aromatic rings. The molecule has 0 aliphatic heterocycles. The Bertz CT molecular complexity index is 145. The molecule has 14 heavy (non-hydrogen) atoms. The fourth-order valence-corrected chi connectivity index (χ4v) is 2.30. The molecule has 0 spiro atoms. The van der Waals surface area contributed by atoms with Gasteiger partial charge in [-0.05, 0) is 18.8 Å². The summed E-state index contributed by atoms with van der Waals surface area (Å²) >= 11 is 0. The van der Waals surface area contributed by atoms with Gasteiger partial charge in [-0.15, -0.1) is 0 Å². The molecule has 2 heteroatoms. The van der Waals surface area contributed by atoms with Gasteiger partial charge in [0.15, 0.2) is 6.29 Å².